The van der Waals surface area contributed by atoms with Crippen molar-refractivity contribution in [3.8, 4) is 0 Å². The van der Waals surface area contributed by atoms with Crippen LogP contribution in [0.2, 0.25) is 4.47 Å². The molecule has 0 radical (unpaired) electrons. The lowest BCUT2D eigenvalue weighted by Gasteiger charge is -2.29. The lowest BCUT2D eigenvalue weighted by atomic mass is 10.3. The largest absolute Gasteiger partial charge is 0.295 e. The van der Waals surface area contributed by atoms with Crippen molar-refractivity contribution in [2.24, 2.45) is 0 Å². The number of rotatable bonds is 1. The van der Waals surface area contributed by atoms with Gasteiger partial charge in [-0.1, -0.05) is 0 Å². The maximum Gasteiger partial charge on any atom is 0.203 e. The molecular weight excluding hydrogens is 226 g/mol. The zero-order valence-electron chi connectivity index (χ0n) is 7.23. The van der Waals surface area contributed by atoms with E-state index in [0.717, 1.165) is 18.1 Å². The van der Waals surface area contributed by atoms with Crippen molar-refractivity contribution in [3.63, 3.8) is 0 Å². The fourth-order valence-electron chi connectivity index (χ4n) is 1.31. The molecule has 3 nitrogen and oxygen atoms in total. The van der Waals surface area contributed by atoms with Crippen molar-refractivity contribution in [3.05, 3.63) is 10.3 Å². The predicted octanol–water partition coefficient (Wildman–Crippen LogP) is 1.91. The van der Waals surface area contributed by atoms with Gasteiger partial charge in [-0.05, 0) is 30.2 Å². The van der Waals surface area contributed by atoms with Gasteiger partial charge in [0.05, 0.1) is 6.04 Å². The third kappa shape index (κ3) is 2.15. The average Bonchev–Trinajstić information content (AvgIpc) is 2.53. The van der Waals surface area contributed by atoms with Crippen LogP contribution in [0.15, 0.2) is 0 Å². The zero-order valence-corrected chi connectivity index (χ0v) is 9.62. The number of aromatic nitrogens is 2. The second kappa shape index (κ2) is 4.13. The van der Waals surface area contributed by atoms with Gasteiger partial charge in [-0.2, -0.15) is 16.1 Å². The monoisotopic (exact) mass is 235 g/mol. The van der Waals surface area contributed by atoms with Crippen LogP contribution < -0.4 is 0 Å². The number of halogens is 1. The molecule has 0 aliphatic carbocycles. The zero-order chi connectivity index (χ0) is 9.26. The van der Waals surface area contributed by atoms with E-state index < -0.39 is 0 Å². The highest BCUT2D eigenvalue weighted by atomic mass is 35.5. The van der Waals surface area contributed by atoms with Crippen molar-refractivity contribution in [2.75, 3.05) is 25.1 Å². The van der Waals surface area contributed by atoms with Crippen molar-refractivity contribution < 1.29 is 0 Å². The van der Waals surface area contributed by atoms with Crippen LogP contribution in [0.1, 0.15) is 11.9 Å². The Bertz CT molecular complexity index is 291. The van der Waals surface area contributed by atoms with Crippen LogP contribution in [-0.4, -0.2) is 39.4 Å². The second-order valence-corrected chi connectivity index (χ2v) is 5.46. The van der Waals surface area contributed by atoms with E-state index in [9.17, 15) is 0 Å². The first-order chi connectivity index (χ1) is 6.27. The second-order valence-electron chi connectivity index (χ2n) is 2.98. The molecule has 0 bridgehead atoms. The fourth-order valence-corrected chi connectivity index (χ4v) is 3.18. The van der Waals surface area contributed by atoms with Crippen LogP contribution >= 0.6 is 34.9 Å². The highest BCUT2D eigenvalue weighted by Crippen LogP contribution is 2.27. The Labute approximate surface area is 90.7 Å². The van der Waals surface area contributed by atoms with Crippen LogP contribution in [0.25, 0.3) is 0 Å². The molecule has 0 N–H and O–H groups in total. The fraction of sp³-hybridized carbons (Fsp3) is 0.714. The summed E-state index contributed by atoms with van der Waals surface area (Å²) >= 11 is 8.97. The summed E-state index contributed by atoms with van der Waals surface area (Å²) in [6.07, 6.45) is 0. The molecule has 0 spiro atoms. The van der Waals surface area contributed by atoms with E-state index in [1.807, 2.05) is 11.8 Å². The Morgan fingerprint density at radius 2 is 2.46 bits per heavy atom. The molecule has 13 heavy (non-hydrogen) atoms. The Balaban J connectivity index is 2.14. The number of nitrogens with zero attached hydrogens (tertiary/aromatic N) is 3. The molecule has 1 aromatic rings. The van der Waals surface area contributed by atoms with Gasteiger partial charge in [0.25, 0.3) is 0 Å². The van der Waals surface area contributed by atoms with Gasteiger partial charge in [-0.25, -0.2) is 4.98 Å². The minimum absolute atomic E-state index is 0.350. The average molecular weight is 236 g/mol. The van der Waals surface area contributed by atoms with Gasteiger partial charge in [0.2, 0.25) is 4.47 Å². The molecule has 0 amide bonds. The Morgan fingerprint density at radius 3 is 3.08 bits per heavy atom. The van der Waals surface area contributed by atoms with E-state index in [4.69, 9.17) is 11.6 Å². The van der Waals surface area contributed by atoms with Crippen LogP contribution in [0.4, 0.5) is 0 Å². The van der Waals surface area contributed by atoms with Crippen molar-refractivity contribution in [1.29, 1.82) is 0 Å². The molecule has 2 heterocycles. The number of hydrogen-bond donors (Lipinski definition) is 0. The molecule has 1 atom stereocenters. The smallest absolute Gasteiger partial charge is 0.203 e. The van der Waals surface area contributed by atoms with Gasteiger partial charge in [0.15, 0.2) is 5.82 Å². The Morgan fingerprint density at radius 1 is 1.62 bits per heavy atom. The molecule has 2 rings (SSSR count). The number of thioether (sulfide) groups is 1. The maximum absolute atomic E-state index is 5.75. The van der Waals surface area contributed by atoms with E-state index in [2.05, 4.69) is 21.3 Å². The molecule has 1 fully saturated rings. The predicted molar refractivity (Wildman–Crippen MR) is 57.6 cm³/mol. The summed E-state index contributed by atoms with van der Waals surface area (Å²) in [5, 5.41) is 0. The van der Waals surface area contributed by atoms with Gasteiger partial charge in [-0.3, -0.25) is 4.90 Å². The Kier molecular flexibility index (Phi) is 3.08. The van der Waals surface area contributed by atoms with Crippen LogP contribution in [0, 0.1) is 0 Å². The van der Waals surface area contributed by atoms with Gasteiger partial charge >= 0.3 is 0 Å². The molecule has 1 unspecified atom stereocenters. The summed E-state index contributed by atoms with van der Waals surface area (Å²) < 4.78 is 4.77. The molecule has 1 aromatic heterocycles. The molecule has 72 valence electrons. The van der Waals surface area contributed by atoms with Crippen LogP contribution in [0.3, 0.4) is 0 Å². The van der Waals surface area contributed by atoms with E-state index >= 15 is 0 Å². The van der Waals surface area contributed by atoms with Crippen molar-refractivity contribution >= 4 is 34.9 Å². The molecule has 6 heteroatoms. The van der Waals surface area contributed by atoms with E-state index in [-0.39, 0.29) is 0 Å². The molecular formula is C7H10ClN3S2. The molecule has 1 saturated heterocycles. The SMILES string of the molecule is CN1CCSCC1c1nsc(Cl)n1. The summed E-state index contributed by atoms with van der Waals surface area (Å²) in [6, 6.07) is 0.350. The summed E-state index contributed by atoms with van der Waals surface area (Å²) in [5.41, 5.74) is 0. The minimum Gasteiger partial charge on any atom is -0.295 e. The van der Waals surface area contributed by atoms with Gasteiger partial charge < -0.3 is 0 Å². The lowest BCUT2D eigenvalue weighted by Crippen LogP contribution is -2.33. The lowest BCUT2D eigenvalue weighted by molar-refractivity contribution is 0.266. The molecule has 1 aliphatic rings. The summed E-state index contributed by atoms with van der Waals surface area (Å²) in [6.45, 7) is 1.10. The van der Waals surface area contributed by atoms with Crippen LogP contribution in [-0.2, 0) is 0 Å². The minimum atomic E-state index is 0.350. The summed E-state index contributed by atoms with van der Waals surface area (Å²) in [7, 11) is 2.11. The standard InChI is InChI=1S/C7H10ClN3S2/c1-11-2-3-12-4-5(11)6-9-7(8)13-10-6/h5H,2-4H2,1H3. The first-order valence-electron chi connectivity index (χ1n) is 4.04. The first kappa shape index (κ1) is 9.71. The Hall–Kier alpha value is 0.160. The summed E-state index contributed by atoms with van der Waals surface area (Å²) in [5.74, 6) is 3.15. The molecule has 1 aliphatic heterocycles. The van der Waals surface area contributed by atoms with Gasteiger partial charge in [0.1, 0.15) is 0 Å². The molecule has 0 aromatic carbocycles. The van der Waals surface area contributed by atoms with Gasteiger partial charge in [0, 0.05) is 18.1 Å². The van der Waals surface area contributed by atoms with Gasteiger partial charge in [-0.15, -0.1) is 0 Å². The van der Waals surface area contributed by atoms with E-state index in [1.165, 1.54) is 17.3 Å². The number of hydrogen-bond acceptors (Lipinski definition) is 5. The summed E-state index contributed by atoms with van der Waals surface area (Å²) in [4.78, 5) is 6.49. The van der Waals surface area contributed by atoms with E-state index in [0.29, 0.717) is 10.5 Å². The normalized spacial score (nSPS) is 24.9. The highest BCUT2D eigenvalue weighted by Gasteiger charge is 2.24. The van der Waals surface area contributed by atoms with E-state index in [1.54, 1.807) is 0 Å². The third-order valence-electron chi connectivity index (χ3n) is 2.11. The maximum atomic E-state index is 5.75. The molecule has 0 saturated carbocycles. The van der Waals surface area contributed by atoms with Crippen LogP contribution in [0.5, 0.6) is 0 Å². The van der Waals surface area contributed by atoms with Crippen molar-refractivity contribution in [1.82, 2.24) is 14.3 Å². The first-order valence-corrected chi connectivity index (χ1v) is 6.35. The topological polar surface area (TPSA) is 29.0 Å². The highest BCUT2D eigenvalue weighted by molar-refractivity contribution is 7.99. The quantitative estimate of drug-likeness (QED) is 0.744. The third-order valence-corrected chi connectivity index (χ3v) is 3.95. The van der Waals surface area contributed by atoms with Crippen molar-refractivity contribution in [2.45, 2.75) is 6.04 Å².